The average molecular weight is 374 g/mol. The maximum atomic E-state index is 12.8. The first-order valence-corrected chi connectivity index (χ1v) is 9.66. The molecule has 0 radical (unpaired) electrons. The maximum absolute atomic E-state index is 12.8. The Labute approximate surface area is 151 Å². The lowest BCUT2D eigenvalue weighted by Gasteiger charge is -2.32. The molecule has 1 saturated heterocycles. The Morgan fingerprint density at radius 1 is 1.38 bits per heavy atom. The molecule has 0 saturated carbocycles. The molecule has 0 aromatic carbocycles. The summed E-state index contributed by atoms with van der Waals surface area (Å²) in [7, 11) is -3.92. The number of hydrogen-bond acceptors (Lipinski definition) is 6. The second kappa shape index (κ2) is 7.23. The number of anilines is 1. The van der Waals surface area contributed by atoms with Crippen molar-refractivity contribution in [1.29, 1.82) is 5.26 Å². The molecule has 1 atom stereocenters. The van der Waals surface area contributed by atoms with Crippen molar-refractivity contribution in [2.75, 3.05) is 11.4 Å². The van der Waals surface area contributed by atoms with Crippen LogP contribution in [-0.4, -0.2) is 41.7 Å². The Morgan fingerprint density at radius 2 is 2.19 bits per heavy atom. The predicted molar refractivity (Wildman–Crippen MR) is 92.5 cm³/mol. The molecule has 26 heavy (non-hydrogen) atoms. The molecule has 0 bridgehead atoms. The highest BCUT2D eigenvalue weighted by Crippen LogP contribution is 2.22. The zero-order valence-corrected chi connectivity index (χ0v) is 15.0. The van der Waals surface area contributed by atoms with E-state index in [0.717, 1.165) is 6.20 Å². The lowest BCUT2D eigenvalue weighted by Crippen LogP contribution is -2.52. The molecule has 10 heteroatoms. The SMILES string of the molecule is CCn1nccc1N1CCCC(NS(=O)(=O)c2ccc(C#N)nc2)C1=O. The molecule has 0 spiro atoms. The van der Waals surface area contributed by atoms with Crippen LogP contribution in [0.1, 0.15) is 25.5 Å². The Balaban J connectivity index is 1.80. The van der Waals surface area contributed by atoms with Crippen molar-refractivity contribution in [3.8, 4) is 6.07 Å². The van der Waals surface area contributed by atoms with E-state index in [1.165, 1.54) is 12.1 Å². The molecule has 1 fully saturated rings. The van der Waals surface area contributed by atoms with Gasteiger partial charge in [0.1, 0.15) is 28.5 Å². The van der Waals surface area contributed by atoms with Crippen LogP contribution in [0.4, 0.5) is 5.82 Å². The third-order valence-electron chi connectivity index (χ3n) is 4.17. The Kier molecular flexibility index (Phi) is 5.01. The molecule has 1 amide bonds. The van der Waals surface area contributed by atoms with Crippen molar-refractivity contribution in [1.82, 2.24) is 19.5 Å². The summed E-state index contributed by atoms with van der Waals surface area (Å²) in [6, 6.07) is 5.33. The number of piperidine rings is 1. The first-order chi connectivity index (χ1) is 12.5. The summed E-state index contributed by atoms with van der Waals surface area (Å²) < 4.78 is 29.2. The molecule has 136 valence electrons. The summed E-state index contributed by atoms with van der Waals surface area (Å²) in [6.07, 6.45) is 3.80. The second-order valence-electron chi connectivity index (χ2n) is 5.80. The van der Waals surface area contributed by atoms with E-state index >= 15 is 0 Å². The van der Waals surface area contributed by atoms with Crippen molar-refractivity contribution >= 4 is 21.7 Å². The first kappa shape index (κ1) is 18.0. The van der Waals surface area contributed by atoms with Crippen LogP contribution < -0.4 is 9.62 Å². The van der Waals surface area contributed by atoms with E-state index in [9.17, 15) is 13.2 Å². The predicted octanol–water partition coefficient (Wildman–Crippen LogP) is 0.644. The summed E-state index contributed by atoms with van der Waals surface area (Å²) >= 11 is 0. The van der Waals surface area contributed by atoms with E-state index in [0.29, 0.717) is 31.7 Å². The Hall–Kier alpha value is -2.77. The minimum absolute atomic E-state index is 0.0833. The lowest BCUT2D eigenvalue weighted by atomic mass is 10.1. The van der Waals surface area contributed by atoms with Crippen LogP contribution in [0.3, 0.4) is 0 Å². The minimum atomic E-state index is -3.92. The van der Waals surface area contributed by atoms with Crippen LogP contribution in [-0.2, 0) is 21.4 Å². The van der Waals surface area contributed by atoms with Crippen LogP contribution in [0.25, 0.3) is 0 Å². The summed E-state index contributed by atoms with van der Waals surface area (Å²) in [5.74, 6) is 0.345. The number of aryl methyl sites for hydroxylation is 1. The molecule has 1 aliphatic rings. The van der Waals surface area contributed by atoms with Crippen LogP contribution >= 0.6 is 0 Å². The normalized spacial score (nSPS) is 17.9. The van der Waals surface area contributed by atoms with Gasteiger partial charge in [-0.3, -0.25) is 9.69 Å². The standard InChI is InChI=1S/C16H18N6O3S/c1-2-22-15(7-8-19-22)21-9-3-4-14(16(21)23)20-26(24,25)13-6-5-12(10-17)18-11-13/h5-8,11,14,20H,2-4,9H2,1H3. The number of nitriles is 1. The maximum Gasteiger partial charge on any atom is 0.246 e. The number of nitrogens with one attached hydrogen (secondary N) is 1. The van der Waals surface area contributed by atoms with Crippen LogP contribution in [0.15, 0.2) is 35.5 Å². The van der Waals surface area contributed by atoms with Gasteiger partial charge in [-0.05, 0) is 31.9 Å². The number of carbonyl (C=O) groups is 1. The van der Waals surface area contributed by atoms with Gasteiger partial charge in [-0.2, -0.15) is 15.1 Å². The topological polar surface area (TPSA) is 121 Å². The number of aromatic nitrogens is 3. The van der Waals surface area contributed by atoms with Gasteiger partial charge in [0.2, 0.25) is 15.9 Å². The van der Waals surface area contributed by atoms with Crippen LogP contribution in [0.5, 0.6) is 0 Å². The van der Waals surface area contributed by atoms with E-state index in [-0.39, 0.29) is 16.5 Å². The zero-order valence-electron chi connectivity index (χ0n) is 14.2. The summed E-state index contributed by atoms with van der Waals surface area (Å²) in [5.41, 5.74) is 0.122. The van der Waals surface area contributed by atoms with Crippen LogP contribution in [0, 0.1) is 11.3 Å². The van der Waals surface area contributed by atoms with Gasteiger partial charge in [0.25, 0.3) is 0 Å². The van der Waals surface area contributed by atoms with Gasteiger partial charge in [0.05, 0.1) is 6.20 Å². The van der Waals surface area contributed by atoms with Gasteiger partial charge < -0.3 is 0 Å². The van der Waals surface area contributed by atoms with Gasteiger partial charge >= 0.3 is 0 Å². The highest BCUT2D eigenvalue weighted by Gasteiger charge is 2.34. The van der Waals surface area contributed by atoms with E-state index in [1.807, 2.05) is 13.0 Å². The number of rotatable bonds is 5. The van der Waals surface area contributed by atoms with E-state index in [4.69, 9.17) is 5.26 Å². The largest absolute Gasteiger partial charge is 0.296 e. The van der Waals surface area contributed by atoms with E-state index in [2.05, 4.69) is 14.8 Å². The van der Waals surface area contributed by atoms with Crippen molar-refractivity contribution in [2.45, 2.75) is 37.2 Å². The Morgan fingerprint density at radius 3 is 2.85 bits per heavy atom. The third kappa shape index (κ3) is 3.44. The molecule has 3 rings (SSSR count). The second-order valence-corrected chi connectivity index (χ2v) is 7.52. The fourth-order valence-electron chi connectivity index (χ4n) is 2.87. The van der Waals surface area contributed by atoms with E-state index in [1.54, 1.807) is 21.8 Å². The third-order valence-corrected chi connectivity index (χ3v) is 5.62. The monoisotopic (exact) mass is 374 g/mol. The number of amides is 1. The zero-order chi connectivity index (χ0) is 18.7. The van der Waals surface area contributed by atoms with Crippen molar-refractivity contribution in [3.63, 3.8) is 0 Å². The van der Waals surface area contributed by atoms with Gasteiger partial charge in [0.15, 0.2) is 0 Å². The number of pyridine rings is 1. The summed E-state index contributed by atoms with van der Waals surface area (Å²) in [6.45, 7) is 3.05. The average Bonchev–Trinajstić information content (AvgIpc) is 3.12. The fourth-order valence-corrected chi connectivity index (χ4v) is 4.04. The van der Waals surface area contributed by atoms with Gasteiger partial charge in [-0.15, -0.1) is 0 Å². The summed E-state index contributed by atoms with van der Waals surface area (Å²) in [4.78, 5) is 18.0. The van der Waals surface area contributed by atoms with Gasteiger partial charge in [-0.1, -0.05) is 0 Å². The first-order valence-electron chi connectivity index (χ1n) is 8.18. The number of hydrogen-bond donors (Lipinski definition) is 1. The lowest BCUT2D eigenvalue weighted by molar-refractivity contribution is -0.121. The minimum Gasteiger partial charge on any atom is -0.296 e. The Bertz CT molecular complexity index is 945. The van der Waals surface area contributed by atoms with E-state index < -0.39 is 16.1 Å². The molecule has 3 heterocycles. The van der Waals surface area contributed by atoms with Gasteiger partial charge in [-0.25, -0.2) is 18.1 Å². The quantitative estimate of drug-likeness (QED) is 0.820. The number of carbonyl (C=O) groups excluding carboxylic acids is 1. The molecule has 1 N–H and O–H groups in total. The molecule has 1 unspecified atom stereocenters. The van der Waals surface area contributed by atoms with Crippen molar-refractivity contribution in [3.05, 3.63) is 36.3 Å². The van der Waals surface area contributed by atoms with Crippen molar-refractivity contribution in [2.24, 2.45) is 0 Å². The van der Waals surface area contributed by atoms with Gasteiger partial charge in [0, 0.05) is 25.4 Å². The molecule has 2 aromatic rings. The van der Waals surface area contributed by atoms with Crippen molar-refractivity contribution < 1.29 is 13.2 Å². The smallest absolute Gasteiger partial charge is 0.246 e. The fraction of sp³-hybridized carbons (Fsp3) is 0.375. The molecule has 1 aliphatic heterocycles. The molecular weight excluding hydrogens is 356 g/mol. The highest BCUT2D eigenvalue weighted by molar-refractivity contribution is 7.89. The number of sulfonamides is 1. The summed E-state index contributed by atoms with van der Waals surface area (Å²) in [5, 5.41) is 12.9. The highest BCUT2D eigenvalue weighted by atomic mass is 32.2. The molecule has 9 nitrogen and oxygen atoms in total. The van der Waals surface area contributed by atoms with Crippen LogP contribution in [0.2, 0.25) is 0 Å². The molecular formula is C16H18N6O3S. The molecule has 0 aliphatic carbocycles. The molecule has 2 aromatic heterocycles. The number of nitrogens with zero attached hydrogens (tertiary/aromatic N) is 5.